The molecule has 0 unspecified atom stereocenters. The molecule has 0 aromatic heterocycles. The minimum atomic E-state index is -0.678. The van der Waals surface area contributed by atoms with Crippen molar-refractivity contribution in [1.29, 1.82) is 0 Å². The highest BCUT2D eigenvalue weighted by Crippen LogP contribution is 2.30. The van der Waals surface area contributed by atoms with E-state index in [-0.39, 0.29) is 34.2 Å². The number of hydrogen-bond acceptors (Lipinski definition) is 5. The number of esters is 1. The van der Waals surface area contributed by atoms with Crippen molar-refractivity contribution in [3.8, 4) is 0 Å². The molecule has 0 saturated heterocycles. The van der Waals surface area contributed by atoms with E-state index < -0.39 is 17.8 Å². The number of halogens is 1. The lowest BCUT2D eigenvalue weighted by Crippen LogP contribution is -2.29. The molecule has 0 fully saturated rings. The Kier molecular flexibility index (Phi) is 5.28. The Hall–Kier alpha value is -3.45. The summed E-state index contributed by atoms with van der Waals surface area (Å²) in [6, 6.07) is 10.4. The van der Waals surface area contributed by atoms with Crippen molar-refractivity contribution in [2.24, 2.45) is 0 Å². The summed E-state index contributed by atoms with van der Waals surface area (Å²) in [5.41, 5.74) is 1.31. The van der Waals surface area contributed by atoms with Crippen LogP contribution in [0, 0.1) is 0 Å². The van der Waals surface area contributed by atoms with E-state index in [1.54, 1.807) is 24.3 Å². The summed E-state index contributed by atoms with van der Waals surface area (Å²) in [6.45, 7) is 4.65. The van der Waals surface area contributed by atoms with Crippen molar-refractivity contribution >= 4 is 46.7 Å². The van der Waals surface area contributed by atoms with E-state index in [1.807, 2.05) is 0 Å². The molecule has 1 aliphatic rings. The number of amides is 3. The summed E-state index contributed by atoms with van der Waals surface area (Å²) in [5, 5.41) is 2.77. The maximum Gasteiger partial charge on any atom is 0.338 e. The van der Waals surface area contributed by atoms with Gasteiger partial charge in [-0.3, -0.25) is 14.4 Å². The lowest BCUT2D eigenvalue weighted by molar-refractivity contribution is -0.114. The number of nitrogens with one attached hydrogen (secondary N) is 1. The summed E-state index contributed by atoms with van der Waals surface area (Å²) in [5.74, 6) is -1.96. The molecule has 28 heavy (non-hydrogen) atoms. The number of hydrogen-bond donors (Lipinski definition) is 1. The number of imide groups is 1. The zero-order valence-corrected chi connectivity index (χ0v) is 15.6. The Bertz CT molecular complexity index is 1010. The molecule has 3 rings (SSSR count). The van der Waals surface area contributed by atoms with Gasteiger partial charge in [0.1, 0.15) is 6.61 Å². The van der Waals surface area contributed by atoms with Gasteiger partial charge in [-0.1, -0.05) is 18.2 Å². The Morgan fingerprint density at radius 2 is 1.71 bits per heavy atom. The number of fused-ring (bicyclic) bond motifs is 1. The van der Waals surface area contributed by atoms with Crippen LogP contribution < -0.4 is 10.2 Å². The maximum atomic E-state index is 12.8. The molecule has 8 heteroatoms. The Morgan fingerprint density at radius 3 is 2.32 bits per heavy atom. The third kappa shape index (κ3) is 3.79. The van der Waals surface area contributed by atoms with Gasteiger partial charge in [-0.25, -0.2) is 9.69 Å². The first-order chi connectivity index (χ1) is 13.3. The molecule has 7 nitrogen and oxygen atoms in total. The second-order valence-electron chi connectivity index (χ2n) is 6.03. The van der Waals surface area contributed by atoms with Crippen LogP contribution in [0.1, 0.15) is 38.0 Å². The van der Waals surface area contributed by atoms with Crippen LogP contribution in [0.4, 0.5) is 11.4 Å². The van der Waals surface area contributed by atoms with Crippen LogP contribution in [-0.4, -0.2) is 30.3 Å². The highest BCUT2D eigenvalue weighted by atomic mass is 35.5. The Balaban J connectivity index is 1.86. The second kappa shape index (κ2) is 7.66. The molecule has 1 aliphatic heterocycles. The lowest BCUT2D eigenvalue weighted by Gasteiger charge is -2.14. The Morgan fingerprint density at radius 1 is 1.07 bits per heavy atom. The second-order valence-corrected chi connectivity index (χ2v) is 6.56. The topological polar surface area (TPSA) is 92.8 Å². The van der Waals surface area contributed by atoms with Crippen LogP contribution in [0.2, 0.25) is 0 Å². The molecule has 1 N–H and O–H groups in total. The van der Waals surface area contributed by atoms with Crippen molar-refractivity contribution in [2.75, 3.05) is 16.8 Å². The van der Waals surface area contributed by atoms with Gasteiger partial charge in [-0.05, 0) is 42.5 Å². The zero-order valence-electron chi connectivity index (χ0n) is 14.8. The average molecular weight is 399 g/mol. The lowest BCUT2D eigenvalue weighted by atomic mass is 10.1. The predicted molar refractivity (Wildman–Crippen MR) is 104 cm³/mol. The van der Waals surface area contributed by atoms with E-state index in [2.05, 4.69) is 11.9 Å². The first-order valence-corrected chi connectivity index (χ1v) is 8.56. The summed E-state index contributed by atoms with van der Waals surface area (Å²) >= 11 is 5.57. The van der Waals surface area contributed by atoms with Crippen molar-refractivity contribution in [1.82, 2.24) is 0 Å². The molecule has 1 heterocycles. The highest BCUT2D eigenvalue weighted by Gasteiger charge is 2.37. The molecule has 2 aromatic rings. The predicted octanol–water partition coefficient (Wildman–Crippen LogP) is 3.35. The van der Waals surface area contributed by atoms with Crippen LogP contribution >= 0.6 is 11.6 Å². The molecule has 0 atom stereocenters. The molecular weight excluding hydrogens is 384 g/mol. The van der Waals surface area contributed by atoms with Crippen LogP contribution in [0.3, 0.4) is 0 Å². The summed E-state index contributed by atoms with van der Waals surface area (Å²) < 4.78 is 4.95. The molecule has 0 aliphatic carbocycles. The molecular formula is C20H15ClN2O5. The highest BCUT2D eigenvalue weighted by molar-refractivity contribution is 6.34. The molecule has 0 bridgehead atoms. The smallest absolute Gasteiger partial charge is 0.338 e. The number of carbonyl (C=O) groups is 4. The quantitative estimate of drug-likeness (QED) is 0.615. The van der Waals surface area contributed by atoms with Gasteiger partial charge in [0.25, 0.3) is 11.8 Å². The van der Waals surface area contributed by atoms with Gasteiger partial charge in [0.15, 0.2) is 0 Å². The van der Waals surface area contributed by atoms with E-state index in [1.165, 1.54) is 25.1 Å². The summed E-state index contributed by atoms with van der Waals surface area (Å²) in [7, 11) is 0. The number of ether oxygens (including phenoxy) is 1. The number of rotatable bonds is 5. The van der Waals surface area contributed by atoms with Crippen LogP contribution in [0.15, 0.2) is 54.1 Å². The van der Waals surface area contributed by atoms with Crippen molar-refractivity contribution in [3.63, 3.8) is 0 Å². The normalized spacial score (nSPS) is 12.6. The first kappa shape index (κ1) is 19.3. The third-order valence-electron chi connectivity index (χ3n) is 3.93. The maximum absolute atomic E-state index is 12.8. The average Bonchev–Trinajstić information content (AvgIpc) is 2.90. The van der Waals surface area contributed by atoms with Gasteiger partial charge >= 0.3 is 5.97 Å². The molecule has 3 amide bonds. The number of anilines is 2. The van der Waals surface area contributed by atoms with E-state index in [4.69, 9.17) is 16.3 Å². The van der Waals surface area contributed by atoms with Crippen molar-refractivity contribution in [2.45, 2.75) is 6.92 Å². The largest absolute Gasteiger partial charge is 0.456 e. The first-order valence-electron chi connectivity index (χ1n) is 8.19. The van der Waals surface area contributed by atoms with Gasteiger partial charge in [0, 0.05) is 17.6 Å². The molecule has 0 spiro atoms. The summed E-state index contributed by atoms with van der Waals surface area (Å²) in [4.78, 5) is 49.6. The van der Waals surface area contributed by atoms with Crippen LogP contribution in [0.25, 0.3) is 0 Å². The fraction of sp³-hybridized carbons (Fsp3) is 0.100. The minimum Gasteiger partial charge on any atom is -0.456 e. The molecule has 0 saturated carbocycles. The monoisotopic (exact) mass is 398 g/mol. The van der Waals surface area contributed by atoms with Gasteiger partial charge < -0.3 is 10.1 Å². The van der Waals surface area contributed by atoms with E-state index in [0.717, 1.165) is 4.90 Å². The zero-order chi connectivity index (χ0) is 20.4. The number of benzene rings is 2. The fourth-order valence-corrected chi connectivity index (χ4v) is 2.78. The summed E-state index contributed by atoms with van der Waals surface area (Å²) in [6.07, 6.45) is 0. The van der Waals surface area contributed by atoms with Gasteiger partial charge in [-0.15, -0.1) is 0 Å². The Labute approximate surface area is 165 Å². The van der Waals surface area contributed by atoms with Crippen molar-refractivity contribution < 1.29 is 23.9 Å². The van der Waals surface area contributed by atoms with E-state index in [9.17, 15) is 19.2 Å². The minimum absolute atomic E-state index is 0.107. The molecule has 0 radical (unpaired) electrons. The van der Waals surface area contributed by atoms with Crippen molar-refractivity contribution in [3.05, 3.63) is 70.8 Å². The third-order valence-corrected chi connectivity index (χ3v) is 4.04. The van der Waals surface area contributed by atoms with Gasteiger partial charge in [0.2, 0.25) is 5.91 Å². The van der Waals surface area contributed by atoms with Crippen LogP contribution in [-0.2, 0) is 9.53 Å². The number of carbonyl (C=O) groups excluding carboxylic acids is 4. The van der Waals surface area contributed by atoms with E-state index >= 15 is 0 Å². The fourth-order valence-electron chi connectivity index (χ4n) is 2.73. The molecule has 2 aromatic carbocycles. The van der Waals surface area contributed by atoms with Gasteiger partial charge in [0.05, 0.1) is 22.4 Å². The molecule has 142 valence electrons. The van der Waals surface area contributed by atoms with Gasteiger partial charge in [-0.2, -0.15) is 0 Å². The SMILES string of the molecule is C=C(Cl)COC(=O)c1ccc2c(c1)C(=O)N(c1ccc(NC(C)=O)cc1)C2=O. The standard InChI is InChI=1S/C20H15ClN2O5/c1-11(21)10-28-20(27)13-3-8-16-17(9-13)19(26)23(18(16)25)15-6-4-14(5-7-15)22-12(2)24/h3-9H,1,10H2,2H3,(H,22,24). The van der Waals surface area contributed by atoms with E-state index in [0.29, 0.717) is 11.4 Å². The number of nitrogens with zero attached hydrogens (tertiary/aromatic N) is 1. The van der Waals surface area contributed by atoms with Crippen LogP contribution in [0.5, 0.6) is 0 Å².